The van der Waals surface area contributed by atoms with E-state index in [0.29, 0.717) is 5.56 Å². The van der Waals surface area contributed by atoms with Gasteiger partial charge < -0.3 is 74.4 Å². The molecular weight excluding hydrogens is 652 g/mol. The van der Waals surface area contributed by atoms with Gasteiger partial charge in [-0.2, -0.15) is 0 Å². The number of aliphatic hydroxyl groups excluding tert-OH is 6. The topological polar surface area (TPSA) is 269 Å². The van der Waals surface area contributed by atoms with E-state index in [1.807, 2.05) is 0 Å². The molecule has 0 bridgehead atoms. The Bertz CT molecular complexity index is 1840. The zero-order valence-corrected chi connectivity index (χ0v) is 25.4. The highest BCUT2D eigenvalue weighted by Gasteiger charge is 2.50. The lowest BCUT2D eigenvalue weighted by Crippen LogP contribution is -2.64. The molecule has 0 unspecified atom stereocenters. The minimum atomic E-state index is -1.90. The van der Waals surface area contributed by atoms with E-state index in [1.165, 1.54) is 36.4 Å². The molecule has 6 rings (SSSR count). The van der Waals surface area contributed by atoms with Crippen molar-refractivity contribution in [3.63, 3.8) is 0 Å². The summed E-state index contributed by atoms with van der Waals surface area (Å²) >= 11 is 0. The third-order valence-corrected chi connectivity index (χ3v) is 8.43. The van der Waals surface area contributed by atoms with Crippen molar-refractivity contribution in [2.45, 2.75) is 61.7 Å². The van der Waals surface area contributed by atoms with Gasteiger partial charge >= 0.3 is 0 Å². The number of ether oxygens (including phenoxy) is 4. The zero-order valence-electron chi connectivity index (χ0n) is 25.4. The molecule has 0 spiro atoms. The van der Waals surface area contributed by atoms with Gasteiger partial charge in [0.05, 0.1) is 13.2 Å². The molecule has 2 aliphatic rings. The van der Waals surface area contributed by atoms with Crippen LogP contribution in [0.3, 0.4) is 0 Å². The van der Waals surface area contributed by atoms with Gasteiger partial charge in [-0.15, -0.1) is 0 Å². The molecule has 2 saturated heterocycles. The first-order chi connectivity index (χ1) is 23.4. The van der Waals surface area contributed by atoms with Crippen LogP contribution < -0.4 is 10.2 Å². The molecule has 0 radical (unpaired) electrons. The van der Waals surface area contributed by atoms with Gasteiger partial charge in [0.1, 0.15) is 70.6 Å². The van der Waals surface area contributed by atoms with E-state index in [4.69, 9.17) is 23.4 Å². The lowest BCUT2D eigenvalue weighted by molar-refractivity contribution is -0.345. The summed E-state index contributed by atoms with van der Waals surface area (Å²) in [6.07, 6.45) is -15.5. The van der Waals surface area contributed by atoms with Crippen molar-refractivity contribution < 1.29 is 74.4 Å². The molecule has 49 heavy (non-hydrogen) atoms. The van der Waals surface area contributed by atoms with Gasteiger partial charge in [-0.25, -0.2) is 0 Å². The Kier molecular flexibility index (Phi) is 9.67. The number of aromatic hydroxyl groups is 4. The van der Waals surface area contributed by atoms with Crippen LogP contribution in [0.15, 0.2) is 63.8 Å². The molecule has 3 heterocycles. The van der Waals surface area contributed by atoms with E-state index in [2.05, 4.69) is 0 Å². The number of phenolic OH excluding ortho intramolecular Hbond substituents is 4. The van der Waals surface area contributed by atoms with E-state index < -0.39 is 96.6 Å². The normalized spacial score (nSPS) is 28.8. The highest BCUT2D eigenvalue weighted by atomic mass is 16.8. The highest BCUT2D eigenvalue weighted by Crippen LogP contribution is 2.41. The van der Waals surface area contributed by atoms with Crippen molar-refractivity contribution in [3.05, 3.63) is 75.9 Å². The number of hydrogen-bond acceptors (Lipinski definition) is 16. The summed E-state index contributed by atoms with van der Waals surface area (Å²) in [5.41, 5.74) is -0.401. The third kappa shape index (κ3) is 6.61. The maximum absolute atomic E-state index is 14.3. The van der Waals surface area contributed by atoms with Crippen molar-refractivity contribution in [3.8, 4) is 40.1 Å². The van der Waals surface area contributed by atoms with E-state index in [1.54, 1.807) is 12.1 Å². The summed E-state index contributed by atoms with van der Waals surface area (Å²) in [4.78, 5) is 14.3. The molecule has 0 amide bonds. The van der Waals surface area contributed by atoms with Crippen LogP contribution in [0.1, 0.15) is 11.1 Å². The Morgan fingerprint density at radius 3 is 2.08 bits per heavy atom. The summed E-state index contributed by atoms with van der Waals surface area (Å²) in [5.74, 6) is -2.18. The largest absolute Gasteiger partial charge is 0.508 e. The van der Waals surface area contributed by atoms with Gasteiger partial charge in [-0.1, -0.05) is 12.1 Å². The van der Waals surface area contributed by atoms with Gasteiger partial charge in [0, 0.05) is 23.6 Å². The predicted molar refractivity (Wildman–Crippen MR) is 165 cm³/mol. The third-order valence-electron chi connectivity index (χ3n) is 8.43. The quantitative estimate of drug-likeness (QED) is 0.112. The minimum Gasteiger partial charge on any atom is -0.508 e. The molecule has 10 N–H and O–H groups in total. The summed E-state index contributed by atoms with van der Waals surface area (Å²) in [6, 6.07) is 12.3. The monoisotopic (exact) mass is 686 g/mol. The smallest absolute Gasteiger partial charge is 0.239 e. The number of benzene rings is 3. The van der Waals surface area contributed by atoms with E-state index in [9.17, 15) is 55.9 Å². The number of rotatable bonds is 8. The van der Waals surface area contributed by atoms with Crippen LogP contribution in [0.4, 0.5) is 0 Å². The lowest BCUT2D eigenvalue weighted by Gasteiger charge is -2.44. The Morgan fingerprint density at radius 1 is 0.776 bits per heavy atom. The molecule has 16 nitrogen and oxygen atoms in total. The van der Waals surface area contributed by atoms with Crippen LogP contribution in [0, 0.1) is 0 Å². The Balaban J connectivity index is 1.49. The van der Waals surface area contributed by atoms with Gasteiger partial charge in [0.2, 0.25) is 17.5 Å². The molecule has 2 aliphatic heterocycles. The summed E-state index contributed by atoms with van der Waals surface area (Å²) < 4.78 is 28.9. The average Bonchev–Trinajstić information content (AvgIpc) is 3.08. The fourth-order valence-corrected chi connectivity index (χ4v) is 5.73. The predicted octanol–water partition coefficient (Wildman–Crippen LogP) is -0.485. The van der Waals surface area contributed by atoms with E-state index >= 15 is 0 Å². The minimum absolute atomic E-state index is 0.00177. The molecule has 0 saturated carbocycles. The van der Waals surface area contributed by atoms with Crippen LogP contribution >= 0.6 is 0 Å². The number of phenols is 4. The van der Waals surface area contributed by atoms with Crippen LogP contribution in [0.2, 0.25) is 0 Å². The SMILES string of the molecule is O=c1c(O[C@@H]2O[C@H](CO)[C@@H](O)[C@H](O)[C@H]2O[C@@H]2OC[C@@H](O)[C@H](O)[C@H]2O)c(-c2ccc(O)cc2)oc2c(Cc3ccc(O)cc3)c(O)cc(O)c12. The maximum atomic E-state index is 14.3. The fourth-order valence-electron chi connectivity index (χ4n) is 5.73. The molecular formula is C33H34O16. The summed E-state index contributed by atoms with van der Waals surface area (Å²) in [6.45, 7) is -1.30. The zero-order chi connectivity index (χ0) is 35.1. The van der Waals surface area contributed by atoms with Crippen LogP contribution in [0.25, 0.3) is 22.3 Å². The number of fused-ring (bicyclic) bond motifs is 1. The van der Waals surface area contributed by atoms with Gasteiger partial charge in [-0.3, -0.25) is 4.79 Å². The standard InChI is InChI=1S/C33H34O16/c34-11-21-24(41)26(43)31(49-32-27(44)23(40)20(39)12-45-32)33(46-21)48-30-25(42)22-19(38)10-18(37)17(9-13-1-5-15(35)6-2-13)29(22)47-28(30)14-3-7-16(36)8-4-14/h1-8,10,20-21,23-24,26-27,31-41,43-44H,9,11-12H2/t20-,21-,23+,24-,26+,27-,31-,32+,33+/m1/s1. The molecule has 9 atom stereocenters. The Hall–Kier alpha value is -4.49. The maximum Gasteiger partial charge on any atom is 0.239 e. The van der Waals surface area contributed by atoms with Crippen LogP contribution in [-0.2, 0) is 20.6 Å². The van der Waals surface area contributed by atoms with Crippen molar-refractivity contribution >= 4 is 11.0 Å². The van der Waals surface area contributed by atoms with E-state index in [0.717, 1.165) is 6.07 Å². The second-order valence-corrected chi connectivity index (χ2v) is 11.8. The first-order valence-corrected chi connectivity index (χ1v) is 15.1. The molecule has 3 aromatic carbocycles. The molecule has 2 fully saturated rings. The number of aliphatic hydroxyl groups is 6. The fraction of sp³-hybridized carbons (Fsp3) is 0.364. The summed E-state index contributed by atoms with van der Waals surface area (Å²) in [5, 5.41) is 103. The summed E-state index contributed by atoms with van der Waals surface area (Å²) in [7, 11) is 0. The van der Waals surface area contributed by atoms with Crippen molar-refractivity contribution in [1.82, 2.24) is 0 Å². The first-order valence-electron chi connectivity index (χ1n) is 15.1. The van der Waals surface area contributed by atoms with Gasteiger partial charge in [-0.05, 0) is 42.0 Å². The first kappa shape index (κ1) is 34.4. The van der Waals surface area contributed by atoms with Crippen LogP contribution in [-0.4, -0.2) is 120 Å². The second kappa shape index (κ2) is 13.8. The van der Waals surface area contributed by atoms with Gasteiger partial charge in [0.25, 0.3) is 0 Å². The van der Waals surface area contributed by atoms with E-state index in [-0.39, 0.29) is 40.4 Å². The Morgan fingerprint density at radius 2 is 1.43 bits per heavy atom. The van der Waals surface area contributed by atoms with Gasteiger partial charge in [0.15, 0.2) is 18.2 Å². The molecule has 1 aromatic heterocycles. The highest BCUT2D eigenvalue weighted by molar-refractivity contribution is 5.91. The second-order valence-electron chi connectivity index (χ2n) is 11.8. The van der Waals surface area contributed by atoms with Crippen molar-refractivity contribution in [2.24, 2.45) is 0 Å². The van der Waals surface area contributed by atoms with Crippen LogP contribution in [0.5, 0.6) is 28.7 Å². The number of hydrogen-bond donors (Lipinski definition) is 10. The van der Waals surface area contributed by atoms with Crippen molar-refractivity contribution in [2.75, 3.05) is 13.2 Å². The molecule has 262 valence electrons. The Labute approximate surface area is 276 Å². The van der Waals surface area contributed by atoms with Crippen molar-refractivity contribution in [1.29, 1.82) is 0 Å². The molecule has 16 heteroatoms. The molecule has 4 aromatic rings. The lowest BCUT2D eigenvalue weighted by atomic mass is 9.98. The average molecular weight is 687 g/mol. The molecule has 0 aliphatic carbocycles.